The van der Waals surface area contributed by atoms with Crippen LogP contribution in [0.4, 0.5) is 0 Å². The summed E-state index contributed by atoms with van der Waals surface area (Å²) in [6.07, 6.45) is 0.454. The average molecular weight is 396 g/mol. The van der Waals surface area contributed by atoms with E-state index in [1.165, 1.54) is 6.07 Å². The monoisotopic (exact) mass is 395 g/mol. The molecule has 0 spiro atoms. The van der Waals surface area contributed by atoms with E-state index in [-0.39, 0.29) is 19.0 Å². The average Bonchev–Trinajstić information content (AvgIpc) is 2.54. The summed E-state index contributed by atoms with van der Waals surface area (Å²) < 4.78 is 0. The minimum atomic E-state index is -0.750. The number of nitrogens with zero attached hydrogens (tertiary/aromatic N) is 1. The van der Waals surface area contributed by atoms with Crippen LogP contribution in [0.5, 0.6) is 0 Å². The van der Waals surface area contributed by atoms with Gasteiger partial charge in [0, 0.05) is 10.6 Å². The lowest BCUT2D eigenvalue weighted by molar-refractivity contribution is -0.120. The van der Waals surface area contributed by atoms with Gasteiger partial charge in [-0.25, -0.2) is 4.98 Å². The van der Waals surface area contributed by atoms with Gasteiger partial charge in [-0.15, -0.1) is 0 Å². The topological polar surface area (TPSA) is 85.1 Å². The molecule has 5 nitrogen and oxygen atoms in total. The highest BCUT2D eigenvalue weighted by Crippen LogP contribution is 2.28. The lowest BCUT2D eigenvalue weighted by Gasteiger charge is -2.17. The van der Waals surface area contributed by atoms with E-state index in [0.717, 1.165) is 0 Å². The third-order valence-electron chi connectivity index (χ3n) is 3.53. The number of nitrogens with two attached hydrogens (primary N) is 1. The molecule has 140 valence electrons. The van der Waals surface area contributed by atoms with Crippen molar-refractivity contribution < 1.29 is 9.59 Å². The molecule has 0 aliphatic heterocycles. The number of aromatic nitrogens is 1. The Morgan fingerprint density at radius 3 is 2.46 bits per heavy atom. The van der Waals surface area contributed by atoms with Gasteiger partial charge in [-0.2, -0.15) is 0 Å². The molecule has 0 bridgehead atoms. The molecule has 2 rings (SSSR count). The Labute approximate surface area is 163 Å². The summed E-state index contributed by atoms with van der Waals surface area (Å²) in [7, 11) is 0. The molecule has 2 aromatic rings. The maximum atomic E-state index is 12.5. The third kappa shape index (κ3) is 5.71. The summed E-state index contributed by atoms with van der Waals surface area (Å²) in [6, 6.07) is 9.35. The van der Waals surface area contributed by atoms with E-state index >= 15 is 0 Å². The van der Waals surface area contributed by atoms with Gasteiger partial charge < -0.3 is 11.1 Å². The predicted molar refractivity (Wildman–Crippen MR) is 106 cm³/mol. The molecular formula is C19H23Cl2N3O2. The van der Waals surface area contributed by atoms with Gasteiger partial charge >= 0.3 is 0 Å². The van der Waals surface area contributed by atoms with Gasteiger partial charge in [-0.1, -0.05) is 56.6 Å². The summed E-state index contributed by atoms with van der Waals surface area (Å²) >= 11 is 12.2. The highest BCUT2D eigenvalue weighted by Gasteiger charge is 2.21. The quantitative estimate of drug-likeness (QED) is 0.763. The number of halogens is 2. The molecule has 7 heteroatoms. The number of carbonyl (C=O) groups is 2. The number of hydrogen-bond donors (Lipinski definition) is 2. The molecule has 3 N–H and O–H groups in total. The van der Waals surface area contributed by atoms with Crippen molar-refractivity contribution in [2.24, 2.45) is 11.7 Å². The fourth-order valence-corrected chi connectivity index (χ4v) is 2.76. The van der Waals surface area contributed by atoms with Crippen LogP contribution < -0.4 is 11.1 Å². The highest BCUT2D eigenvalue weighted by atomic mass is 35.5. The molecule has 0 fully saturated rings. The molecule has 2 amide bonds. The first-order chi connectivity index (χ1) is 11.8. The molecule has 1 atom stereocenters. The minimum Gasteiger partial charge on any atom is -0.368 e. The Balaban J connectivity index is 0.00000338. The zero-order valence-electron chi connectivity index (χ0n) is 13.9. The first-order valence-corrected chi connectivity index (χ1v) is 8.56. The third-order valence-corrected chi connectivity index (χ3v) is 4.07. The van der Waals surface area contributed by atoms with Gasteiger partial charge in [0.15, 0.2) is 0 Å². The molecule has 0 saturated heterocycles. The number of primary amides is 1. The van der Waals surface area contributed by atoms with Crippen LogP contribution in [0.25, 0.3) is 11.3 Å². The summed E-state index contributed by atoms with van der Waals surface area (Å²) in [5.41, 5.74) is 6.65. The van der Waals surface area contributed by atoms with E-state index in [9.17, 15) is 9.59 Å². The lowest BCUT2D eigenvalue weighted by atomic mass is 10.0. The van der Waals surface area contributed by atoms with Crippen molar-refractivity contribution in [3.8, 4) is 11.3 Å². The van der Waals surface area contributed by atoms with Crippen molar-refractivity contribution in [1.82, 2.24) is 10.3 Å². The van der Waals surface area contributed by atoms with Gasteiger partial charge in [-0.05, 0) is 36.6 Å². The summed E-state index contributed by atoms with van der Waals surface area (Å²) in [5.74, 6) is -0.853. The maximum absolute atomic E-state index is 12.5. The fourth-order valence-electron chi connectivity index (χ4n) is 2.36. The van der Waals surface area contributed by atoms with Crippen LogP contribution in [0.3, 0.4) is 0 Å². The van der Waals surface area contributed by atoms with Gasteiger partial charge in [0.1, 0.15) is 11.7 Å². The molecule has 1 heterocycles. The first kappa shape index (κ1) is 21.9. The second-order valence-corrected chi connectivity index (χ2v) is 6.94. The molecule has 1 aromatic carbocycles. The van der Waals surface area contributed by atoms with E-state index in [0.29, 0.717) is 27.7 Å². The van der Waals surface area contributed by atoms with Gasteiger partial charge in [0.25, 0.3) is 5.91 Å². The van der Waals surface area contributed by atoms with E-state index in [1.54, 1.807) is 30.3 Å². The Morgan fingerprint density at radius 1 is 1.19 bits per heavy atom. The summed E-state index contributed by atoms with van der Waals surface area (Å²) in [4.78, 5) is 28.3. The van der Waals surface area contributed by atoms with Crippen LogP contribution in [0.2, 0.25) is 10.0 Å². The zero-order chi connectivity index (χ0) is 18.6. The molecule has 0 unspecified atom stereocenters. The number of amides is 2. The van der Waals surface area contributed by atoms with Crippen molar-refractivity contribution in [2.75, 3.05) is 0 Å². The molecule has 0 aliphatic rings. The van der Waals surface area contributed by atoms with Gasteiger partial charge in [0.2, 0.25) is 5.91 Å². The molecule has 0 aliphatic carbocycles. The van der Waals surface area contributed by atoms with Gasteiger partial charge in [0.05, 0.1) is 10.7 Å². The number of benzene rings is 1. The van der Waals surface area contributed by atoms with Crippen LogP contribution in [-0.2, 0) is 4.79 Å². The van der Waals surface area contributed by atoms with Crippen molar-refractivity contribution in [3.05, 3.63) is 52.1 Å². The van der Waals surface area contributed by atoms with Crippen LogP contribution in [0, 0.1) is 5.92 Å². The number of nitrogens with one attached hydrogen (secondary N) is 1. The molecule has 1 aromatic heterocycles. The van der Waals surface area contributed by atoms with Crippen LogP contribution in [-0.4, -0.2) is 22.8 Å². The highest BCUT2D eigenvalue weighted by molar-refractivity contribution is 6.33. The summed E-state index contributed by atoms with van der Waals surface area (Å²) in [5, 5.41) is 3.56. The maximum Gasteiger partial charge on any atom is 0.270 e. The number of pyridine rings is 1. The second-order valence-electron chi connectivity index (χ2n) is 6.10. The Kier molecular flexibility index (Phi) is 8.06. The van der Waals surface area contributed by atoms with E-state index in [4.69, 9.17) is 28.9 Å². The zero-order valence-corrected chi connectivity index (χ0v) is 15.4. The van der Waals surface area contributed by atoms with Crippen molar-refractivity contribution in [2.45, 2.75) is 33.7 Å². The van der Waals surface area contributed by atoms with Crippen LogP contribution in [0.15, 0.2) is 36.4 Å². The standard InChI is InChI=1S/C18H19Cl2N3O2.CH4/c1-10(2)8-15(17(21)24)23-18(25)14-7-6-13(20)16(22-14)11-4-3-5-12(19)9-11;/h3-7,9-10,15H,8H2,1-2H3,(H2,21,24)(H,23,25);1H4/t15-;/m0./s1. The molecule has 0 saturated carbocycles. The lowest BCUT2D eigenvalue weighted by Crippen LogP contribution is -2.45. The molecule has 0 radical (unpaired) electrons. The van der Waals surface area contributed by atoms with Crippen molar-refractivity contribution in [1.29, 1.82) is 0 Å². The van der Waals surface area contributed by atoms with Crippen molar-refractivity contribution in [3.63, 3.8) is 0 Å². The summed E-state index contributed by atoms with van der Waals surface area (Å²) in [6.45, 7) is 3.89. The minimum absolute atomic E-state index is 0. The fraction of sp³-hybridized carbons (Fsp3) is 0.316. The second kappa shape index (κ2) is 9.55. The Bertz CT molecular complexity index is 794. The predicted octanol–water partition coefficient (Wildman–Crippen LogP) is 4.32. The van der Waals surface area contributed by atoms with E-state index in [1.807, 2.05) is 13.8 Å². The van der Waals surface area contributed by atoms with E-state index < -0.39 is 17.9 Å². The number of rotatable bonds is 6. The van der Waals surface area contributed by atoms with Gasteiger partial charge in [-0.3, -0.25) is 9.59 Å². The Hall–Kier alpha value is -2.11. The number of carbonyl (C=O) groups excluding carboxylic acids is 2. The number of hydrogen-bond acceptors (Lipinski definition) is 3. The largest absolute Gasteiger partial charge is 0.368 e. The van der Waals surface area contributed by atoms with Crippen LogP contribution in [0.1, 0.15) is 38.2 Å². The Morgan fingerprint density at radius 2 is 1.88 bits per heavy atom. The molecular weight excluding hydrogens is 373 g/mol. The molecule has 26 heavy (non-hydrogen) atoms. The smallest absolute Gasteiger partial charge is 0.270 e. The normalized spacial score (nSPS) is 11.6. The van der Waals surface area contributed by atoms with Crippen LogP contribution >= 0.6 is 23.2 Å². The van der Waals surface area contributed by atoms with E-state index in [2.05, 4.69) is 10.3 Å². The first-order valence-electron chi connectivity index (χ1n) is 7.80. The SMILES string of the molecule is C.CC(C)C[C@H](NC(=O)c1ccc(Cl)c(-c2cccc(Cl)c2)n1)C(N)=O. The van der Waals surface area contributed by atoms with Crippen molar-refractivity contribution >= 4 is 35.0 Å².